The highest BCUT2D eigenvalue weighted by molar-refractivity contribution is 7.71. The van der Waals surface area contributed by atoms with Gasteiger partial charge in [-0.1, -0.05) is 12.1 Å². The van der Waals surface area contributed by atoms with Gasteiger partial charge in [0.2, 0.25) is 5.91 Å². The molecular weight excluding hydrogens is 394 g/mol. The Morgan fingerprint density at radius 3 is 2.96 bits per heavy atom. The summed E-state index contributed by atoms with van der Waals surface area (Å²) in [6.07, 6.45) is 0.866. The maximum absolute atomic E-state index is 12.3. The number of hydrogen-bond donors (Lipinski definition) is 2. The van der Waals surface area contributed by atoms with Gasteiger partial charge in [-0.3, -0.25) is 9.89 Å². The largest absolute Gasteiger partial charge is 0.493 e. The van der Waals surface area contributed by atoms with Crippen LogP contribution in [0.4, 0.5) is 0 Å². The van der Waals surface area contributed by atoms with E-state index in [4.69, 9.17) is 17.0 Å². The van der Waals surface area contributed by atoms with Crippen molar-refractivity contribution in [1.82, 2.24) is 25.1 Å². The highest BCUT2D eigenvalue weighted by atomic mass is 32.1. The fourth-order valence-corrected chi connectivity index (χ4v) is 3.97. The molecule has 0 aliphatic heterocycles. The van der Waals surface area contributed by atoms with Crippen LogP contribution in [0.1, 0.15) is 25.4 Å². The van der Waals surface area contributed by atoms with E-state index >= 15 is 0 Å². The summed E-state index contributed by atoms with van der Waals surface area (Å²) in [6.45, 7) is 5.82. The van der Waals surface area contributed by atoms with Crippen LogP contribution in [0.5, 0.6) is 5.75 Å². The lowest BCUT2D eigenvalue weighted by Crippen LogP contribution is -2.28. The number of amides is 1. The summed E-state index contributed by atoms with van der Waals surface area (Å²) in [7, 11) is 0. The molecule has 0 fully saturated rings. The van der Waals surface area contributed by atoms with Crippen LogP contribution in [0.3, 0.4) is 0 Å². The summed E-state index contributed by atoms with van der Waals surface area (Å²) in [5, 5.41) is 12.7. The molecule has 0 radical (unpaired) electrons. The number of carbonyl (C=O) groups is 1. The third-order valence-electron chi connectivity index (χ3n) is 4.14. The first-order chi connectivity index (χ1) is 13.6. The number of para-hydroxylation sites is 1. The van der Waals surface area contributed by atoms with Gasteiger partial charge in [-0.05, 0) is 38.2 Å². The number of carbonyl (C=O) groups excluding carboxylic acids is 1. The highest BCUT2D eigenvalue weighted by Crippen LogP contribution is 2.32. The minimum Gasteiger partial charge on any atom is -0.493 e. The maximum atomic E-state index is 12.3. The summed E-state index contributed by atoms with van der Waals surface area (Å²) in [4.78, 5) is 16.9. The van der Waals surface area contributed by atoms with E-state index in [9.17, 15) is 4.79 Å². The summed E-state index contributed by atoms with van der Waals surface area (Å²) in [5.74, 6) is 1.59. The molecule has 1 amide bonds. The zero-order chi connectivity index (χ0) is 19.9. The number of rotatable bonds is 9. The van der Waals surface area contributed by atoms with Crippen molar-refractivity contribution in [3.8, 4) is 16.3 Å². The number of nitrogens with one attached hydrogen (secondary N) is 2. The zero-order valence-corrected chi connectivity index (χ0v) is 17.5. The van der Waals surface area contributed by atoms with Gasteiger partial charge in [-0.2, -0.15) is 5.10 Å². The molecule has 0 saturated heterocycles. The number of H-pyrrole nitrogens is 1. The molecule has 0 spiro atoms. The van der Waals surface area contributed by atoms with Gasteiger partial charge in [0.1, 0.15) is 16.6 Å². The molecule has 0 atom stereocenters. The molecule has 0 unspecified atom stereocenters. The fraction of sp³-hybridized carbons (Fsp3) is 0.368. The molecule has 2 aromatic heterocycles. The van der Waals surface area contributed by atoms with E-state index in [1.54, 1.807) is 0 Å². The molecule has 148 valence electrons. The predicted molar refractivity (Wildman–Crippen MR) is 112 cm³/mol. The number of aromatic amines is 1. The fourth-order valence-electron chi connectivity index (χ4n) is 2.84. The summed E-state index contributed by atoms with van der Waals surface area (Å²) in [6, 6.07) is 7.80. The molecule has 0 aliphatic carbocycles. The average Bonchev–Trinajstić information content (AvgIpc) is 3.29. The van der Waals surface area contributed by atoms with E-state index < -0.39 is 0 Å². The molecule has 2 heterocycles. The topological polar surface area (TPSA) is 84.8 Å². The van der Waals surface area contributed by atoms with Crippen LogP contribution in [-0.4, -0.2) is 38.8 Å². The van der Waals surface area contributed by atoms with Crippen molar-refractivity contribution < 1.29 is 9.53 Å². The second kappa shape index (κ2) is 9.61. The van der Waals surface area contributed by atoms with Crippen molar-refractivity contribution in [2.24, 2.45) is 0 Å². The quantitative estimate of drug-likeness (QED) is 0.522. The number of ether oxygens (including phenoxy) is 1. The first kappa shape index (κ1) is 20.2. The standard InChI is InChI=1S/C19H23N5O2S2/c1-3-24-16(22-23-19(24)27)9-10-20-17(25)11-13-12-28-18(21-13)14-7-5-6-8-15(14)26-4-2/h5-8,12H,3-4,9-11H2,1-2H3,(H,20,25)(H,23,27). The first-order valence-corrected chi connectivity index (χ1v) is 10.5. The van der Waals surface area contributed by atoms with E-state index in [2.05, 4.69) is 20.5 Å². The second-order valence-corrected chi connectivity index (χ2v) is 7.28. The molecule has 9 heteroatoms. The Labute approximate surface area is 172 Å². The van der Waals surface area contributed by atoms with Crippen molar-refractivity contribution in [3.05, 3.63) is 45.9 Å². The van der Waals surface area contributed by atoms with Crippen LogP contribution in [0.25, 0.3) is 10.6 Å². The monoisotopic (exact) mass is 417 g/mol. The molecule has 3 aromatic rings. The Morgan fingerprint density at radius 1 is 1.36 bits per heavy atom. The van der Waals surface area contributed by atoms with Gasteiger partial charge < -0.3 is 14.6 Å². The van der Waals surface area contributed by atoms with E-state index in [1.165, 1.54) is 11.3 Å². The Balaban J connectivity index is 1.56. The van der Waals surface area contributed by atoms with Gasteiger partial charge in [0.25, 0.3) is 0 Å². The maximum Gasteiger partial charge on any atom is 0.226 e. The Bertz CT molecular complexity index is 992. The third kappa shape index (κ3) is 4.85. The lowest BCUT2D eigenvalue weighted by Gasteiger charge is -2.07. The Kier molecular flexibility index (Phi) is 6.94. The highest BCUT2D eigenvalue weighted by Gasteiger charge is 2.12. The molecule has 7 nitrogen and oxygen atoms in total. The summed E-state index contributed by atoms with van der Waals surface area (Å²) in [5.41, 5.74) is 1.70. The zero-order valence-electron chi connectivity index (χ0n) is 15.9. The second-order valence-electron chi connectivity index (χ2n) is 6.04. The van der Waals surface area contributed by atoms with Gasteiger partial charge in [-0.15, -0.1) is 11.3 Å². The van der Waals surface area contributed by atoms with Crippen LogP contribution in [0.2, 0.25) is 0 Å². The summed E-state index contributed by atoms with van der Waals surface area (Å²) < 4.78 is 8.19. The number of thiazole rings is 1. The van der Waals surface area contributed by atoms with Crippen LogP contribution < -0.4 is 10.1 Å². The van der Waals surface area contributed by atoms with Gasteiger partial charge in [0.15, 0.2) is 4.77 Å². The van der Waals surface area contributed by atoms with Crippen LogP contribution in [0, 0.1) is 4.77 Å². The van der Waals surface area contributed by atoms with Crippen LogP contribution in [0.15, 0.2) is 29.6 Å². The van der Waals surface area contributed by atoms with Gasteiger partial charge in [0, 0.05) is 24.9 Å². The van der Waals surface area contributed by atoms with E-state index in [-0.39, 0.29) is 12.3 Å². The molecule has 3 rings (SSSR count). The number of aromatic nitrogens is 4. The Morgan fingerprint density at radius 2 is 2.18 bits per heavy atom. The third-order valence-corrected chi connectivity index (χ3v) is 5.37. The predicted octanol–water partition coefficient (Wildman–Crippen LogP) is 3.38. The van der Waals surface area contributed by atoms with Crippen molar-refractivity contribution in [2.75, 3.05) is 13.2 Å². The minimum absolute atomic E-state index is 0.0628. The molecule has 0 bridgehead atoms. The SMILES string of the molecule is CCOc1ccccc1-c1nc(CC(=O)NCCc2n[nH]c(=S)n2CC)cs1. The number of nitrogens with zero attached hydrogens (tertiary/aromatic N) is 3. The number of hydrogen-bond acceptors (Lipinski definition) is 6. The van der Waals surface area contributed by atoms with Gasteiger partial charge in [0.05, 0.1) is 24.3 Å². The molecular formula is C19H23N5O2S2. The van der Waals surface area contributed by atoms with E-state index in [1.807, 2.05) is 48.1 Å². The molecule has 0 aliphatic rings. The van der Waals surface area contributed by atoms with Crippen molar-refractivity contribution in [2.45, 2.75) is 33.2 Å². The lowest BCUT2D eigenvalue weighted by molar-refractivity contribution is -0.120. The first-order valence-electron chi connectivity index (χ1n) is 9.19. The lowest BCUT2D eigenvalue weighted by atomic mass is 10.2. The number of benzene rings is 1. The van der Waals surface area contributed by atoms with Crippen molar-refractivity contribution in [3.63, 3.8) is 0 Å². The molecule has 28 heavy (non-hydrogen) atoms. The van der Waals surface area contributed by atoms with Gasteiger partial charge in [-0.25, -0.2) is 4.98 Å². The molecule has 0 saturated carbocycles. The smallest absolute Gasteiger partial charge is 0.226 e. The summed E-state index contributed by atoms with van der Waals surface area (Å²) >= 11 is 6.68. The average molecular weight is 418 g/mol. The van der Waals surface area contributed by atoms with Crippen molar-refractivity contribution >= 4 is 29.5 Å². The van der Waals surface area contributed by atoms with Crippen LogP contribution >= 0.6 is 23.6 Å². The molecule has 1 aromatic carbocycles. The Hall–Kier alpha value is -2.52. The van der Waals surface area contributed by atoms with E-state index in [0.29, 0.717) is 24.3 Å². The molecule has 2 N–H and O–H groups in total. The van der Waals surface area contributed by atoms with Crippen molar-refractivity contribution in [1.29, 1.82) is 0 Å². The normalized spacial score (nSPS) is 10.8. The minimum atomic E-state index is -0.0628. The van der Waals surface area contributed by atoms with Crippen LogP contribution in [-0.2, 0) is 24.2 Å². The van der Waals surface area contributed by atoms with E-state index in [0.717, 1.165) is 34.4 Å². The van der Waals surface area contributed by atoms with Gasteiger partial charge >= 0.3 is 0 Å².